The average molecular weight is 234 g/mol. The number of hydrogen-bond donors (Lipinski definition) is 1. The summed E-state index contributed by atoms with van der Waals surface area (Å²) in [6.45, 7) is 2.46. The predicted octanol–water partition coefficient (Wildman–Crippen LogP) is 0.658. The van der Waals surface area contributed by atoms with Gasteiger partial charge in [0.25, 0.3) is 0 Å². The van der Waals surface area contributed by atoms with E-state index in [-0.39, 0.29) is 0 Å². The molecule has 1 heterocycles. The molecule has 1 atom stereocenters. The van der Waals surface area contributed by atoms with Crippen LogP contribution in [0.15, 0.2) is 0 Å². The molecular weight excluding hydrogens is 212 g/mol. The topological polar surface area (TPSA) is 49.4 Å². The SMILES string of the molecule is CNCCCC1CCCN(S(C)(=O)=O)C1. The zero-order chi connectivity index (χ0) is 11.3. The quantitative estimate of drug-likeness (QED) is 0.711. The van der Waals surface area contributed by atoms with Crippen LogP contribution in [-0.2, 0) is 10.0 Å². The van der Waals surface area contributed by atoms with Gasteiger partial charge in [-0.15, -0.1) is 0 Å². The van der Waals surface area contributed by atoms with E-state index >= 15 is 0 Å². The van der Waals surface area contributed by atoms with E-state index < -0.39 is 10.0 Å². The molecule has 0 spiro atoms. The maximum absolute atomic E-state index is 11.4. The summed E-state index contributed by atoms with van der Waals surface area (Å²) in [6.07, 6.45) is 5.77. The van der Waals surface area contributed by atoms with Crippen LogP contribution in [0.25, 0.3) is 0 Å². The fourth-order valence-electron chi connectivity index (χ4n) is 2.13. The summed E-state index contributed by atoms with van der Waals surface area (Å²) in [6, 6.07) is 0. The lowest BCUT2D eigenvalue weighted by atomic mass is 9.95. The highest BCUT2D eigenvalue weighted by Crippen LogP contribution is 2.22. The van der Waals surface area contributed by atoms with Gasteiger partial charge in [0, 0.05) is 13.1 Å². The van der Waals surface area contributed by atoms with Crippen LogP contribution in [0.5, 0.6) is 0 Å². The first kappa shape index (κ1) is 12.9. The molecule has 4 nitrogen and oxygen atoms in total. The lowest BCUT2D eigenvalue weighted by Crippen LogP contribution is -2.39. The van der Waals surface area contributed by atoms with E-state index in [2.05, 4.69) is 5.32 Å². The maximum atomic E-state index is 11.4. The molecule has 1 saturated heterocycles. The first-order valence-electron chi connectivity index (χ1n) is 5.63. The molecule has 0 aromatic heterocycles. The van der Waals surface area contributed by atoms with Gasteiger partial charge < -0.3 is 5.32 Å². The number of rotatable bonds is 5. The van der Waals surface area contributed by atoms with Gasteiger partial charge in [-0.05, 0) is 45.2 Å². The van der Waals surface area contributed by atoms with Crippen molar-refractivity contribution in [2.24, 2.45) is 5.92 Å². The van der Waals surface area contributed by atoms with Crippen LogP contribution >= 0.6 is 0 Å². The third kappa shape index (κ3) is 4.49. The van der Waals surface area contributed by atoms with Crippen LogP contribution in [0, 0.1) is 5.92 Å². The van der Waals surface area contributed by atoms with Crippen molar-refractivity contribution in [3.05, 3.63) is 0 Å². The molecule has 0 saturated carbocycles. The van der Waals surface area contributed by atoms with Crippen LogP contribution in [0.1, 0.15) is 25.7 Å². The first-order valence-corrected chi connectivity index (χ1v) is 7.48. The summed E-state index contributed by atoms with van der Waals surface area (Å²) in [7, 11) is -1.02. The minimum Gasteiger partial charge on any atom is -0.320 e. The van der Waals surface area contributed by atoms with Crippen molar-refractivity contribution in [3.8, 4) is 0 Å². The van der Waals surface area contributed by atoms with Crippen molar-refractivity contribution in [1.82, 2.24) is 9.62 Å². The van der Waals surface area contributed by atoms with Gasteiger partial charge >= 0.3 is 0 Å². The molecule has 1 unspecified atom stereocenters. The molecule has 0 aliphatic carbocycles. The zero-order valence-electron chi connectivity index (χ0n) is 9.70. The van der Waals surface area contributed by atoms with Gasteiger partial charge in [0.2, 0.25) is 10.0 Å². The van der Waals surface area contributed by atoms with Crippen molar-refractivity contribution >= 4 is 10.0 Å². The largest absolute Gasteiger partial charge is 0.320 e. The molecule has 1 aliphatic heterocycles. The number of nitrogens with one attached hydrogen (secondary N) is 1. The van der Waals surface area contributed by atoms with Gasteiger partial charge in [0.15, 0.2) is 0 Å². The van der Waals surface area contributed by atoms with Gasteiger partial charge in [-0.1, -0.05) is 0 Å². The molecule has 15 heavy (non-hydrogen) atoms. The second kappa shape index (κ2) is 5.82. The van der Waals surface area contributed by atoms with Crippen LogP contribution in [0.4, 0.5) is 0 Å². The Morgan fingerprint density at radius 2 is 2.20 bits per heavy atom. The molecule has 1 N–H and O–H groups in total. The lowest BCUT2D eigenvalue weighted by molar-refractivity contribution is 0.254. The Morgan fingerprint density at radius 1 is 1.47 bits per heavy atom. The second-order valence-corrected chi connectivity index (χ2v) is 6.36. The smallest absolute Gasteiger partial charge is 0.211 e. The van der Waals surface area contributed by atoms with E-state index in [0.29, 0.717) is 12.5 Å². The highest BCUT2D eigenvalue weighted by Gasteiger charge is 2.25. The molecule has 0 aromatic carbocycles. The first-order chi connectivity index (χ1) is 7.04. The summed E-state index contributed by atoms with van der Waals surface area (Å²) in [5, 5.41) is 3.12. The molecule has 1 fully saturated rings. The van der Waals surface area contributed by atoms with Gasteiger partial charge in [0.1, 0.15) is 0 Å². The fraction of sp³-hybridized carbons (Fsp3) is 1.00. The number of nitrogens with zero attached hydrogens (tertiary/aromatic N) is 1. The molecule has 0 bridgehead atoms. The van der Waals surface area contributed by atoms with Crippen molar-refractivity contribution in [3.63, 3.8) is 0 Å². The van der Waals surface area contributed by atoms with E-state index in [1.807, 2.05) is 7.05 Å². The molecule has 0 amide bonds. The van der Waals surface area contributed by atoms with Crippen molar-refractivity contribution < 1.29 is 8.42 Å². The number of piperidine rings is 1. The van der Waals surface area contributed by atoms with Gasteiger partial charge in [-0.2, -0.15) is 0 Å². The van der Waals surface area contributed by atoms with Crippen molar-refractivity contribution in [2.75, 3.05) is 32.9 Å². The number of sulfonamides is 1. The normalized spacial score (nSPS) is 24.3. The number of hydrogen-bond acceptors (Lipinski definition) is 3. The van der Waals surface area contributed by atoms with Crippen LogP contribution in [-0.4, -0.2) is 45.7 Å². The average Bonchev–Trinajstić information content (AvgIpc) is 2.17. The van der Waals surface area contributed by atoms with Crippen LogP contribution in [0.2, 0.25) is 0 Å². The summed E-state index contributed by atoms with van der Waals surface area (Å²) in [5.74, 6) is 0.557. The van der Waals surface area contributed by atoms with Crippen LogP contribution in [0.3, 0.4) is 0 Å². The van der Waals surface area contributed by atoms with E-state index in [0.717, 1.165) is 32.4 Å². The Balaban J connectivity index is 2.36. The summed E-state index contributed by atoms with van der Waals surface area (Å²) in [5.41, 5.74) is 0. The molecular formula is C10H22N2O2S. The highest BCUT2D eigenvalue weighted by atomic mass is 32.2. The lowest BCUT2D eigenvalue weighted by Gasteiger charge is -2.30. The standard InChI is InChI=1S/C10H22N2O2S/c1-11-7-3-5-10-6-4-8-12(9-10)15(2,13)14/h10-11H,3-9H2,1-2H3. The summed E-state index contributed by atoms with van der Waals surface area (Å²) in [4.78, 5) is 0. The Morgan fingerprint density at radius 3 is 2.80 bits per heavy atom. The van der Waals surface area contributed by atoms with E-state index in [9.17, 15) is 8.42 Å². The monoisotopic (exact) mass is 234 g/mol. The Bertz CT molecular complexity index is 277. The molecule has 1 aliphatic rings. The van der Waals surface area contributed by atoms with Gasteiger partial charge in [-0.3, -0.25) is 0 Å². The molecule has 1 rings (SSSR count). The predicted molar refractivity (Wildman–Crippen MR) is 62.3 cm³/mol. The minimum atomic E-state index is -2.97. The second-order valence-electron chi connectivity index (χ2n) is 4.38. The van der Waals surface area contributed by atoms with E-state index in [4.69, 9.17) is 0 Å². The molecule has 0 aromatic rings. The van der Waals surface area contributed by atoms with Crippen molar-refractivity contribution in [1.29, 1.82) is 0 Å². The summed E-state index contributed by atoms with van der Waals surface area (Å²) >= 11 is 0. The van der Waals surface area contributed by atoms with Gasteiger partial charge in [0.05, 0.1) is 6.26 Å². The van der Waals surface area contributed by atoms with Crippen molar-refractivity contribution in [2.45, 2.75) is 25.7 Å². The Kier molecular flexibility index (Phi) is 5.02. The van der Waals surface area contributed by atoms with Crippen LogP contribution < -0.4 is 5.32 Å². The molecule has 5 heteroatoms. The molecule has 90 valence electrons. The maximum Gasteiger partial charge on any atom is 0.211 e. The minimum absolute atomic E-state index is 0.557. The zero-order valence-corrected chi connectivity index (χ0v) is 10.5. The fourth-order valence-corrected chi connectivity index (χ4v) is 3.07. The third-order valence-corrected chi connectivity index (χ3v) is 4.26. The van der Waals surface area contributed by atoms with Gasteiger partial charge in [-0.25, -0.2) is 12.7 Å². The van der Waals surface area contributed by atoms with E-state index in [1.165, 1.54) is 12.7 Å². The highest BCUT2D eigenvalue weighted by molar-refractivity contribution is 7.88. The molecule has 0 radical (unpaired) electrons. The Hall–Kier alpha value is -0.130. The van der Waals surface area contributed by atoms with E-state index in [1.54, 1.807) is 4.31 Å². The third-order valence-electron chi connectivity index (χ3n) is 2.99. The Labute approximate surface area is 93.1 Å². The summed E-state index contributed by atoms with van der Waals surface area (Å²) < 4.78 is 24.4.